The van der Waals surface area contributed by atoms with E-state index in [-0.39, 0.29) is 17.9 Å². The Morgan fingerprint density at radius 3 is 2.47 bits per heavy atom. The summed E-state index contributed by atoms with van der Waals surface area (Å²) in [5.74, 6) is 1.00. The first kappa shape index (κ1) is 12.5. The monoisotopic (exact) mass is 212 g/mol. The molecule has 0 aliphatic heterocycles. The molecule has 3 atom stereocenters. The lowest BCUT2D eigenvalue weighted by Crippen LogP contribution is -2.35. The van der Waals surface area contributed by atoms with E-state index >= 15 is 0 Å². The van der Waals surface area contributed by atoms with Crippen molar-refractivity contribution in [2.45, 2.75) is 58.5 Å². The van der Waals surface area contributed by atoms with E-state index in [0.29, 0.717) is 6.04 Å². The van der Waals surface area contributed by atoms with Gasteiger partial charge in [0.05, 0.1) is 5.92 Å². The van der Waals surface area contributed by atoms with Gasteiger partial charge in [0.2, 0.25) is 5.91 Å². The molecule has 1 saturated carbocycles. The average molecular weight is 212 g/mol. The lowest BCUT2D eigenvalue weighted by Gasteiger charge is -2.14. The van der Waals surface area contributed by atoms with Gasteiger partial charge >= 0.3 is 0 Å². The van der Waals surface area contributed by atoms with Gasteiger partial charge in [-0.1, -0.05) is 26.7 Å². The van der Waals surface area contributed by atoms with Crippen molar-refractivity contribution in [3.05, 3.63) is 0 Å². The smallest absolute Gasteiger partial charge is 0.224 e. The van der Waals surface area contributed by atoms with Crippen molar-refractivity contribution in [3.8, 4) is 0 Å². The SMILES string of the molecule is CC(C)CCCC(C)NC(=O)C1CC1N. The zero-order valence-corrected chi connectivity index (χ0v) is 10.1. The summed E-state index contributed by atoms with van der Waals surface area (Å²) in [4.78, 5) is 11.5. The van der Waals surface area contributed by atoms with Crippen molar-refractivity contribution in [1.82, 2.24) is 5.32 Å². The second kappa shape index (κ2) is 5.50. The van der Waals surface area contributed by atoms with Gasteiger partial charge in [-0.3, -0.25) is 4.79 Å². The lowest BCUT2D eigenvalue weighted by molar-refractivity contribution is -0.123. The van der Waals surface area contributed by atoms with Gasteiger partial charge in [0, 0.05) is 12.1 Å². The molecular formula is C12H24N2O. The maximum absolute atomic E-state index is 11.5. The Balaban J connectivity index is 2.07. The van der Waals surface area contributed by atoms with Crippen molar-refractivity contribution in [1.29, 1.82) is 0 Å². The Morgan fingerprint density at radius 2 is 2.00 bits per heavy atom. The molecule has 1 amide bonds. The van der Waals surface area contributed by atoms with Crippen molar-refractivity contribution >= 4 is 5.91 Å². The standard InChI is InChI=1S/C12H24N2O/c1-8(2)5-4-6-9(3)14-12(15)10-7-11(10)13/h8-11H,4-7,13H2,1-3H3,(H,14,15). The van der Waals surface area contributed by atoms with E-state index in [4.69, 9.17) is 5.73 Å². The first-order valence-electron chi connectivity index (χ1n) is 6.06. The molecule has 1 rings (SSSR count). The number of rotatable bonds is 6. The van der Waals surface area contributed by atoms with Gasteiger partial charge in [-0.05, 0) is 25.7 Å². The molecule has 0 aromatic rings. The van der Waals surface area contributed by atoms with Gasteiger partial charge in [0.1, 0.15) is 0 Å². The van der Waals surface area contributed by atoms with E-state index in [0.717, 1.165) is 18.8 Å². The van der Waals surface area contributed by atoms with Crippen LogP contribution in [0.5, 0.6) is 0 Å². The molecule has 3 heteroatoms. The van der Waals surface area contributed by atoms with Crippen LogP contribution >= 0.6 is 0 Å². The average Bonchev–Trinajstić information content (AvgIpc) is 2.81. The summed E-state index contributed by atoms with van der Waals surface area (Å²) in [6.45, 7) is 6.53. The van der Waals surface area contributed by atoms with E-state index in [1.54, 1.807) is 0 Å². The minimum absolute atomic E-state index is 0.0950. The highest BCUT2D eigenvalue weighted by Crippen LogP contribution is 2.27. The third kappa shape index (κ3) is 4.65. The largest absolute Gasteiger partial charge is 0.353 e. The van der Waals surface area contributed by atoms with Crippen LogP contribution in [0.1, 0.15) is 46.5 Å². The van der Waals surface area contributed by atoms with E-state index in [1.165, 1.54) is 12.8 Å². The fourth-order valence-electron chi connectivity index (χ4n) is 1.77. The molecule has 1 aliphatic carbocycles. The molecule has 0 aromatic heterocycles. The predicted molar refractivity (Wildman–Crippen MR) is 62.4 cm³/mol. The third-order valence-electron chi connectivity index (χ3n) is 2.98. The van der Waals surface area contributed by atoms with Crippen LogP contribution in [0, 0.1) is 11.8 Å². The van der Waals surface area contributed by atoms with Crippen LogP contribution in [0.25, 0.3) is 0 Å². The summed E-state index contributed by atoms with van der Waals surface area (Å²) in [6.07, 6.45) is 4.37. The van der Waals surface area contributed by atoms with Crippen molar-refractivity contribution in [3.63, 3.8) is 0 Å². The highest BCUT2D eigenvalue weighted by molar-refractivity contribution is 5.82. The van der Waals surface area contributed by atoms with Gasteiger partial charge < -0.3 is 11.1 Å². The van der Waals surface area contributed by atoms with E-state index < -0.39 is 0 Å². The zero-order chi connectivity index (χ0) is 11.4. The Hall–Kier alpha value is -0.570. The van der Waals surface area contributed by atoms with Crippen molar-refractivity contribution < 1.29 is 4.79 Å². The minimum Gasteiger partial charge on any atom is -0.353 e. The molecule has 3 N–H and O–H groups in total. The summed E-state index contributed by atoms with van der Waals surface area (Å²) in [5.41, 5.74) is 5.62. The second-order valence-electron chi connectivity index (χ2n) is 5.24. The quantitative estimate of drug-likeness (QED) is 0.703. The molecule has 88 valence electrons. The second-order valence-corrected chi connectivity index (χ2v) is 5.24. The summed E-state index contributed by atoms with van der Waals surface area (Å²) in [5, 5.41) is 3.03. The van der Waals surface area contributed by atoms with Crippen molar-refractivity contribution in [2.24, 2.45) is 17.6 Å². The van der Waals surface area contributed by atoms with E-state index in [9.17, 15) is 4.79 Å². The minimum atomic E-state index is 0.0950. The molecular weight excluding hydrogens is 188 g/mol. The fraction of sp³-hybridized carbons (Fsp3) is 0.917. The van der Waals surface area contributed by atoms with Crippen LogP contribution in [0.15, 0.2) is 0 Å². The van der Waals surface area contributed by atoms with Crippen LogP contribution in [0.3, 0.4) is 0 Å². The van der Waals surface area contributed by atoms with Gasteiger partial charge in [-0.2, -0.15) is 0 Å². The van der Waals surface area contributed by atoms with Crippen LogP contribution < -0.4 is 11.1 Å². The van der Waals surface area contributed by atoms with Gasteiger partial charge in [0.25, 0.3) is 0 Å². The summed E-state index contributed by atoms with van der Waals surface area (Å²) in [7, 11) is 0. The van der Waals surface area contributed by atoms with Crippen LogP contribution in [0.4, 0.5) is 0 Å². The molecule has 1 aliphatic rings. The fourth-order valence-corrected chi connectivity index (χ4v) is 1.77. The highest BCUT2D eigenvalue weighted by atomic mass is 16.2. The first-order valence-corrected chi connectivity index (χ1v) is 6.06. The molecule has 0 bridgehead atoms. The lowest BCUT2D eigenvalue weighted by atomic mass is 10.0. The molecule has 3 nitrogen and oxygen atoms in total. The number of carbonyl (C=O) groups excluding carboxylic acids is 1. The number of amides is 1. The normalized spacial score (nSPS) is 26.5. The maximum Gasteiger partial charge on any atom is 0.224 e. The van der Waals surface area contributed by atoms with Gasteiger partial charge in [-0.25, -0.2) is 0 Å². The topological polar surface area (TPSA) is 55.1 Å². The first-order chi connectivity index (χ1) is 7.00. The molecule has 3 unspecified atom stereocenters. The zero-order valence-electron chi connectivity index (χ0n) is 10.1. The molecule has 0 aromatic carbocycles. The maximum atomic E-state index is 11.5. The Kier molecular flexibility index (Phi) is 4.58. The Morgan fingerprint density at radius 1 is 1.40 bits per heavy atom. The highest BCUT2D eigenvalue weighted by Gasteiger charge is 2.40. The molecule has 0 saturated heterocycles. The van der Waals surface area contributed by atoms with E-state index in [2.05, 4.69) is 26.1 Å². The molecule has 1 fully saturated rings. The van der Waals surface area contributed by atoms with Gasteiger partial charge in [-0.15, -0.1) is 0 Å². The number of hydrogen-bond acceptors (Lipinski definition) is 2. The van der Waals surface area contributed by atoms with Crippen LogP contribution in [-0.4, -0.2) is 18.0 Å². The van der Waals surface area contributed by atoms with Crippen LogP contribution in [-0.2, 0) is 4.79 Å². The summed E-state index contributed by atoms with van der Waals surface area (Å²) < 4.78 is 0. The number of carbonyl (C=O) groups is 1. The summed E-state index contributed by atoms with van der Waals surface area (Å²) >= 11 is 0. The van der Waals surface area contributed by atoms with Crippen LogP contribution in [0.2, 0.25) is 0 Å². The molecule has 15 heavy (non-hydrogen) atoms. The predicted octanol–water partition coefficient (Wildman–Crippen LogP) is 1.66. The van der Waals surface area contributed by atoms with E-state index in [1.807, 2.05) is 0 Å². The molecule has 0 heterocycles. The number of hydrogen-bond donors (Lipinski definition) is 2. The molecule has 0 radical (unpaired) electrons. The number of nitrogens with one attached hydrogen (secondary N) is 1. The third-order valence-corrected chi connectivity index (χ3v) is 2.98. The molecule has 0 spiro atoms. The summed E-state index contributed by atoms with van der Waals surface area (Å²) in [6, 6.07) is 0.414. The Labute approximate surface area is 92.8 Å². The van der Waals surface area contributed by atoms with Gasteiger partial charge in [0.15, 0.2) is 0 Å². The Bertz CT molecular complexity index is 216. The van der Waals surface area contributed by atoms with Crippen molar-refractivity contribution in [2.75, 3.05) is 0 Å². The number of nitrogens with two attached hydrogens (primary N) is 1.